The summed E-state index contributed by atoms with van der Waals surface area (Å²) in [6.07, 6.45) is 14.9. The first-order chi connectivity index (χ1) is 27.2. The van der Waals surface area contributed by atoms with Gasteiger partial charge in [0.25, 0.3) is 0 Å². The lowest BCUT2D eigenvalue weighted by Gasteiger charge is -2.32. The molecule has 3 aromatic carbocycles. The van der Waals surface area contributed by atoms with Crippen LogP contribution in [0.4, 0.5) is 0 Å². The van der Waals surface area contributed by atoms with E-state index in [-0.39, 0.29) is 18.2 Å². The highest BCUT2D eigenvalue weighted by atomic mass is 28.4. The number of carbonyl (C=O) groups excluding carboxylic acids is 2. The fourth-order valence-electron chi connectivity index (χ4n) is 6.60. The first-order valence-corrected chi connectivity index (χ1v) is 28.4. The van der Waals surface area contributed by atoms with Crippen LogP contribution in [0.3, 0.4) is 0 Å². The summed E-state index contributed by atoms with van der Waals surface area (Å²) >= 11 is 0. The first kappa shape index (κ1) is 49.9. The molecule has 0 aliphatic heterocycles. The zero-order chi connectivity index (χ0) is 42.1. The van der Waals surface area contributed by atoms with Crippen LogP contribution in [0.25, 0.3) is 11.1 Å². The fraction of sp³-hybridized carbons (Fsp3) is 0.583. The Morgan fingerprint density at radius 1 is 0.561 bits per heavy atom. The van der Waals surface area contributed by atoms with E-state index in [9.17, 15) is 9.59 Å². The average Bonchev–Trinajstić information content (AvgIpc) is 3.16. The van der Waals surface area contributed by atoms with Crippen LogP contribution < -0.4 is 9.47 Å². The van der Waals surface area contributed by atoms with Crippen molar-refractivity contribution in [2.75, 3.05) is 13.2 Å². The third kappa shape index (κ3) is 21.9. The number of benzene rings is 3. The standard InChI is InChI=1S/C38H54O6Si2.C10H22O/c1-9-11-14-34(15-12-28-46(7,8)44-45(4,5)6)42-35-26-22-33(23-27-35)38(40)43-36-24-20-31(21-25-36)30-16-18-32(19-17-30)37(39)41-29(3)13-10-2;1-3-5-7-9-11-10-8-6-4-2/h16-27,29,34H,9-15,28H2,1-8H3;3-10H2,1-2H3/t29-,34?;/m0./s1. The Bertz CT molecular complexity index is 1510. The second kappa shape index (κ2) is 27.4. The van der Waals surface area contributed by atoms with Crippen molar-refractivity contribution in [1.29, 1.82) is 0 Å². The lowest BCUT2D eigenvalue weighted by atomic mass is 10.0. The smallest absolute Gasteiger partial charge is 0.343 e. The highest BCUT2D eigenvalue weighted by Crippen LogP contribution is 2.26. The van der Waals surface area contributed by atoms with E-state index in [4.69, 9.17) is 23.1 Å². The van der Waals surface area contributed by atoms with E-state index < -0.39 is 22.6 Å². The molecule has 3 aromatic rings. The number of hydrogen-bond acceptors (Lipinski definition) is 7. The number of rotatable bonds is 26. The topological polar surface area (TPSA) is 80.3 Å². The Morgan fingerprint density at radius 3 is 1.58 bits per heavy atom. The van der Waals surface area contributed by atoms with E-state index in [1.54, 1.807) is 36.4 Å². The summed E-state index contributed by atoms with van der Waals surface area (Å²) in [6, 6.07) is 23.0. The molecule has 0 amide bonds. The van der Waals surface area contributed by atoms with Gasteiger partial charge >= 0.3 is 11.9 Å². The lowest BCUT2D eigenvalue weighted by Crippen LogP contribution is -2.42. The van der Waals surface area contributed by atoms with Crippen molar-refractivity contribution in [1.82, 2.24) is 0 Å². The third-order valence-electron chi connectivity index (χ3n) is 9.47. The highest BCUT2D eigenvalue weighted by molar-refractivity contribution is 6.84. The van der Waals surface area contributed by atoms with E-state index in [2.05, 4.69) is 60.4 Å². The quantitative estimate of drug-likeness (QED) is 0.0345. The number of carbonyl (C=O) groups is 2. The van der Waals surface area contributed by atoms with E-state index in [0.717, 1.165) is 81.1 Å². The van der Waals surface area contributed by atoms with Crippen LogP contribution in [0.2, 0.25) is 38.8 Å². The van der Waals surface area contributed by atoms with Crippen molar-refractivity contribution in [3.63, 3.8) is 0 Å². The molecule has 0 spiro atoms. The number of hydrogen-bond donors (Lipinski definition) is 0. The molecule has 0 aliphatic rings. The Kier molecular flexibility index (Phi) is 24.0. The van der Waals surface area contributed by atoms with Crippen molar-refractivity contribution in [3.05, 3.63) is 83.9 Å². The van der Waals surface area contributed by atoms with Gasteiger partial charge in [0.2, 0.25) is 0 Å². The summed E-state index contributed by atoms with van der Waals surface area (Å²) in [5, 5.41) is 0. The third-order valence-corrected chi connectivity index (χ3v) is 15.7. The van der Waals surface area contributed by atoms with Gasteiger partial charge in [0, 0.05) is 13.2 Å². The van der Waals surface area contributed by atoms with Gasteiger partial charge in [-0.1, -0.05) is 103 Å². The van der Waals surface area contributed by atoms with Gasteiger partial charge in [0.05, 0.1) is 23.3 Å². The van der Waals surface area contributed by atoms with Gasteiger partial charge in [-0.05, 0) is 137 Å². The largest absolute Gasteiger partial charge is 0.490 e. The zero-order valence-electron chi connectivity index (χ0n) is 37.3. The molecule has 2 atom stereocenters. The molecule has 0 aromatic heterocycles. The number of unbranched alkanes of at least 4 members (excludes halogenated alkanes) is 5. The van der Waals surface area contributed by atoms with Crippen LogP contribution in [-0.4, -0.2) is 54.0 Å². The molecule has 7 nitrogen and oxygen atoms in total. The predicted molar refractivity (Wildman–Crippen MR) is 243 cm³/mol. The summed E-state index contributed by atoms with van der Waals surface area (Å²) < 4.78 is 29.5. The van der Waals surface area contributed by atoms with Crippen LogP contribution in [0.1, 0.15) is 139 Å². The molecule has 3 rings (SSSR count). The molecule has 0 radical (unpaired) electrons. The number of esters is 2. The molecule has 318 valence electrons. The van der Waals surface area contributed by atoms with E-state index in [1.807, 2.05) is 43.3 Å². The molecule has 0 N–H and O–H groups in total. The maximum Gasteiger partial charge on any atom is 0.343 e. The van der Waals surface area contributed by atoms with Crippen LogP contribution >= 0.6 is 0 Å². The minimum atomic E-state index is -1.68. The molecule has 0 saturated heterocycles. The van der Waals surface area contributed by atoms with Gasteiger partial charge in [-0.3, -0.25) is 0 Å². The SMILES string of the molecule is CCCCC(CCC[Si](C)(C)O[Si](C)(C)C)Oc1ccc(C(=O)Oc2ccc(-c3ccc(C(=O)O[C@@H](C)CCC)cc3)cc2)cc1.CCCCCOCCCCC. The summed E-state index contributed by atoms with van der Waals surface area (Å²) in [4.78, 5) is 25.3. The summed E-state index contributed by atoms with van der Waals surface area (Å²) in [7, 11) is -3.21. The average molecular weight is 821 g/mol. The molecule has 1 unspecified atom stereocenters. The molecule has 9 heteroatoms. The minimum absolute atomic E-state index is 0.101. The van der Waals surface area contributed by atoms with E-state index >= 15 is 0 Å². The van der Waals surface area contributed by atoms with Gasteiger partial charge in [0.1, 0.15) is 11.5 Å². The monoisotopic (exact) mass is 821 g/mol. The summed E-state index contributed by atoms with van der Waals surface area (Å²) in [6.45, 7) is 24.0. The Hall–Kier alpha value is -3.25. The molecule has 0 saturated carbocycles. The predicted octanol–water partition coefficient (Wildman–Crippen LogP) is 14.1. The Balaban J connectivity index is 0.000000886. The van der Waals surface area contributed by atoms with Crippen LogP contribution in [0, 0.1) is 0 Å². The second-order valence-electron chi connectivity index (χ2n) is 16.8. The molecule has 0 aliphatic carbocycles. The molecular formula is C48H76O7Si2. The Labute approximate surface area is 348 Å². The number of ether oxygens (including phenoxy) is 4. The second-order valence-corrected chi connectivity index (χ2v) is 25.9. The van der Waals surface area contributed by atoms with Gasteiger partial charge in [-0.2, -0.15) is 0 Å². The lowest BCUT2D eigenvalue weighted by molar-refractivity contribution is 0.0323. The van der Waals surface area contributed by atoms with Crippen LogP contribution in [-0.2, 0) is 13.6 Å². The highest BCUT2D eigenvalue weighted by Gasteiger charge is 2.29. The van der Waals surface area contributed by atoms with Crippen molar-refractivity contribution in [2.45, 2.75) is 169 Å². The zero-order valence-corrected chi connectivity index (χ0v) is 39.3. The minimum Gasteiger partial charge on any atom is -0.490 e. The van der Waals surface area contributed by atoms with Gasteiger partial charge < -0.3 is 23.1 Å². The molecular weight excluding hydrogens is 745 g/mol. The molecule has 0 bridgehead atoms. The van der Waals surface area contributed by atoms with Crippen molar-refractivity contribution in [3.8, 4) is 22.6 Å². The maximum absolute atomic E-state index is 12.9. The normalized spacial score (nSPS) is 12.6. The molecule has 0 fully saturated rings. The fourth-order valence-corrected chi connectivity index (χ4v) is 14.7. The van der Waals surface area contributed by atoms with Crippen molar-refractivity contribution < 1.29 is 32.7 Å². The van der Waals surface area contributed by atoms with E-state index in [0.29, 0.717) is 16.9 Å². The summed E-state index contributed by atoms with van der Waals surface area (Å²) in [5.41, 5.74) is 2.90. The van der Waals surface area contributed by atoms with Crippen molar-refractivity contribution in [2.24, 2.45) is 0 Å². The van der Waals surface area contributed by atoms with E-state index in [1.165, 1.54) is 38.5 Å². The van der Waals surface area contributed by atoms with Gasteiger partial charge in [-0.15, -0.1) is 0 Å². The maximum atomic E-state index is 12.9. The summed E-state index contributed by atoms with van der Waals surface area (Å²) in [5.74, 6) is 0.501. The molecule has 57 heavy (non-hydrogen) atoms. The van der Waals surface area contributed by atoms with Crippen LogP contribution in [0.15, 0.2) is 72.8 Å². The van der Waals surface area contributed by atoms with Crippen molar-refractivity contribution >= 4 is 28.6 Å². The van der Waals surface area contributed by atoms with Gasteiger partial charge in [0.15, 0.2) is 16.6 Å². The van der Waals surface area contributed by atoms with Crippen LogP contribution in [0.5, 0.6) is 11.5 Å². The van der Waals surface area contributed by atoms with Gasteiger partial charge in [-0.25, -0.2) is 9.59 Å². The Morgan fingerprint density at radius 2 is 1.05 bits per heavy atom. The first-order valence-electron chi connectivity index (χ1n) is 21.9. The molecule has 0 heterocycles.